The van der Waals surface area contributed by atoms with Crippen molar-refractivity contribution in [2.24, 2.45) is 0 Å². The molecule has 0 unspecified atom stereocenters. The van der Waals surface area contributed by atoms with Crippen LogP contribution in [0.2, 0.25) is 0 Å². The third-order valence-electron chi connectivity index (χ3n) is 3.73. The first-order valence-electron chi connectivity index (χ1n) is 6.51. The Kier molecular flexibility index (Phi) is 2.42. The summed E-state index contributed by atoms with van der Waals surface area (Å²) in [6.45, 7) is 0.792. The molecule has 0 aromatic heterocycles. The molecule has 2 heterocycles. The molecule has 0 aliphatic carbocycles. The fourth-order valence-electron chi connectivity index (χ4n) is 2.87. The summed E-state index contributed by atoms with van der Waals surface area (Å²) < 4.78 is 0. The number of nitrogens with zero attached hydrogens (tertiary/aromatic N) is 1. The van der Waals surface area contributed by atoms with Gasteiger partial charge in [0.2, 0.25) is 0 Å². The van der Waals surface area contributed by atoms with Crippen molar-refractivity contribution < 1.29 is 4.79 Å². The van der Waals surface area contributed by atoms with Gasteiger partial charge in [-0.3, -0.25) is 4.79 Å². The summed E-state index contributed by atoms with van der Waals surface area (Å²) in [5.74, 6) is 0.338. The van der Waals surface area contributed by atoms with E-state index in [2.05, 4.69) is 47.4 Å². The van der Waals surface area contributed by atoms with Gasteiger partial charge in [0, 0.05) is 29.2 Å². The Bertz CT molecular complexity index is 680. The first-order valence-corrected chi connectivity index (χ1v) is 7.32. The van der Waals surface area contributed by atoms with Crippen LogP contribution in [0.15, 0.2) is 52.3 Å². The third kappa shape index (κ3) is 1.69. The van der Waals surface area contributed by atoms with Gasteiger partial charge in [-0.1, -0.05) is 36.0 Å². The minimum atomic E-state index is 0.338. The van der Waals surface area contributed by atoms with Crippen LogP contribution in [0.25, 0.3) is 0 Å². The van der Waals surface area contributed by atoms with Gasteiger partial charge in [0.05, 0.1) is 11.4 Å². The fourth-order valence-corrected chi connectivity index (χ4v) is 4.02. The second-order valence-electron chi connectivity index (χ2n) is 4.95. The van der Waals surface area contributed by atoms with Crippen molar-refractivity contribution in [2.45, 2.75) is 22.6 Å². The number of ketones is 1. The van der Waals surface area contributed by atoms with Crippen molar-refractivity contribution in [3.63, 3.8) is 0 Å². The maximum atomic E-state index is 11.9. The first-order chi connectivity index (χ1) is 9.33. The molecule has 2 aromatic carbocycles. The molecular weight excluding hydrogens is 254 g/mol. The normalized spacial score (nSPS) is 16.6. The van der Waals surface area contributed by atoms with E-state index < -0.39 is 0 Å². The summed E-state index contributed by atoms with van der Waals surface area (Å²) in [5, 5.41) is 0. The molecule has 2 aliphatic rings. The van der Waals surface area contributed by atoms with E-state index in [1.807, 2.05) is 11.8 Å². The van der Waals surface area contributed by atoms with Crippen molar-refractivity contribution in [2.75, 3.05) is 11.4 Å². The second-order valence-corrected chi connectivity index (χ2v) is 6.03. The van der Waals surface area contributed by atoms with E-state index in [4.69, 9.17) is 0 Å². The highest BCUT2D eigenvalue weighted by molar-refractivity contribution is 7.99. The monoisotopic (exact) mass is 267 g/mol. The van der Waals surface area contributed by atoms with Crippen molar-refractivity contribution in [1.82, 2.24) is 0 Å². The Hall–Kier alpha value is -1.74. The van der Waals surface area contributed by atoms with E-state index in [0.29, 0.717) is 18.6 Å². The number of benzene rings is 2. The topological polar surface area (TPSA) is 20.3 Å². The lowest BCUT2D eigenvalue weighted by Gasteiger charge is -2.32. The van der Waals surface area contributed by atoms with E-state index >= 15 is 0 Å². The smallest absolute Gasteiger partial charge is 0.139 e. The lowest BCUT2D eigenvalue weighted by atomic mass is 10.1. The quantitative estimate of drug-likeness (QED) is 0.724. The van der Waals surface area contributed by atoms with Gasteiger partial charge in [-0.05, 0) is 23.8 Å². The Morgan fingerprint density at radius 3 is 2.79 bits per heavy atom. The highest BCUT2D eigenvalue weighted by Crippen LogP contribution is 2.50. The molecule has 19 heavy (non-hydrogen) atoms. The van der Waals surface area contributed by atoms with Gasteiger partial charge in [0.25, 0.3) is 0 Å². The van der Waals surface area contributed by atoms with E-state index in [1.165, 1.54) is 26.7 Å². The molecule has 0 saturated carbocycles. The zero-order chi connectivity index (χ0) is 12.8. The molecule has 0 amide bonds. The first kappa shape index (κ1) is 11.1. The summed E-state index contributed by atoms with van der Waals surface area (Å²) >= 11 is 1.81. The van der Waals surface area contributed by atoms with E-state index in [9.17, 15) is 4.79 Å². The van der Waals surface area contributed by atoms with Crippen molar-refractivity contribution >= 4 is 28.9 Å². The fraction of sp³-hybridized carbons (Fsp3) is 0.188. The van der Waals surface area contributed by atoms with Gasteiger partial charge < -0.3 is 4.90 Å². The largest absolute Gasteiger partial charge is 0.339 e. The van der Waals surface area contributed by atoms with E-state index in [-0.39, 0.29) is 0 Å². The zero-order valence-corrected chi connectivity index (χ0v) is 11.2. The minimum Gasteiger partial charge on any atom is -0.339 e. The molecule has 94 valence electrons. The third-order valence-corrected chi connectivity index (χ3v) is 4.84. The van der Waals surface area contributed by atoms with Crippen molar-refractivity contribution in [1.29, 1.82) is 0 Å². The summed E-state index contributed by atoms with van der Waals surface area (Å²) in [6.07, 6.45) is 1.20. The van der Waals surface area contributed by atoms with Crippen LogP contribution in [0.4, 0.5) is 11.4 Å². The molecule has 2 aliphatic heterocycles. The predicted molar refractivity (Wildman–Crippen MR) is 77.3 cm³/mol. The lowest BCUT2D eigenvalue weighted by molar-refractivity contribution is -0.118. The van der Waals surface area contributed by atoms with Crippen LogP contribution in [0, 0.1) is 0 Å². The van der Waals surface area contributed by atoms with Crippen LogP contribution in [0.1, 0.15) is 12.0 Å². The Labute approximate surface area is 116 Å². The highest BCUT2D eigenvalue weighted by Gasteiger charge is 2.28. The zero-order valence-electron chi connectivity index (χ0n) is 10.4. The highest BCUT2D eigenvalue weighted by atomic mass is 32.2. The number of hydrogen-bond donors (Lipinski definition) is 0. The number of anilines is 2. The van der Waals surface area contributed by atoms with Crippen LogP contribution < -0.4 is 4.90 Å². The number of carbonyl (C=O) groups excluding carboxylic acids is 1. The van der Waals surface area contributed by atoms with Gasteiger partial charge in [-0.2, -0.15) is 0 Å². The van der Waals surface area contributed by atoms with E-state index in [0.717, 1.165) is 6.54 Å². The number of rotatable bonds is 0. The standard InChI is InChI=1S/C16H13NOS/c18-12-8-9-17-13-5-1-2-6-14(13)19-15-7-3-4-11(10-12)16(15)17/h1-7H,8-10H2. The molecule has 0 spiro atoms. The number of carbonyl (C=O) groups is 1. The van der Waals surface area contributed by atoms with Crippen molar-refractivity contribution in [3.05, 3.63) is 48.0 Å². The molecule has 0 bridgehead atoms. The van der Waals surface area contributed by atoms with Gasteiger partial charge in [0.15, 0.2) is 0 Å². The van der Waals surface area contributed by atoms with Gasteiger partial charge in [0.1, 0.15) is 5.78 Å². The molecule has 4 rings (SSSR count). The summed E-state index contributed by atoms with van der Waals surface area (Å²) in [4.78, 5) is 16.8. The van der Waals surface area contributed by atoms with E-state index in [1.54, 1.807) is 0 Å². The molecule has 0 N–H and O–H groups in total. The lowest BCUT2D eigenvalue weighted by Crippen LogP contribution is -2.22. The molecule has 3 heteroatoms. The number of fused-ring (bicyclic) bond motifs is 2. The minimum absolute atomic E-state index is 0.338. The number of hydrogen-bond acceptors (Lipinski definition) is 3. The number of para-hydroxylation sites is 2. The molecular formula is C16H13NOS. The molecule has 2 aromatic rings. The summed E-state index contributed by atoms with van der Waals surface area (Å²) in [6, 6.07) is 14.8. The predicted octanol–water partition coefficient (Wildman–Crippen LogP) is 3.80. The van der Waals surface area contributed by atoms with Gasteiger partial charge in [-0.25, -0.2) is 0 Å². The Morgan fingerprint density at radius 2 is 1.84 bits per heavy atom. The Morgan fingerprint density at radius 1 is 1.00 bits per heavy atom. The molecule has 0 fully saturated rings. The Balaban J connectivity index is 1.97. The second kappa shape index (κ2) is 4.14. The SMILES string of the molecule is O=C1CCN2c3ccccc3Sc3cccc(c32)C1. The summed E-state index contributed by atoms with van der Waals surface area (Å²) in [7, 11) is 0. The number of Topliss-reactive ketones (excluding diaryl/α,β-unsaturated/α-hetero) is 1. The van der Waals surface area contributed by atoms with Crippen LogP contribution in [-0.2, 0) is 11.2 Å². The molecule has 0 radical (unpaired) electrons. The van der Waals surface area contributed by atoms with Crippen LogP contribution >= 0.6 is 11.8 Å². The maximum Gasteiger partial charge on any atom is 0.139 e. The van der Waals surface area contributed by atoms with Crippen LogP contribution in [0.5, 0.6) is 0 Å². The molecule has 0 atom stereocenters. The summed E-state index contributed by atoms with van der Waals surface area (Å²) in [5.41, 5.74) is 3.65. The van der Waals surface area contributed by atoms with Gasteiger partial charge in [-0.15, -0.1) is 0 Å². The van der Waals surface area contributed by atoms with Crippen LogP contribution in [0.3, 0.4) is 0 Å². The maximum absolute atomic E-state index is 11.9. The average Bonchev–Trinajstić information content (AvgIpc) is 2.60. The molecule has 0 saturated heterocycles. The van der Waals surface area contributed by atoms with Crippen molar-refractivity contribution in [3.8, 4) is 0 Å². The van der Waals surface area contributed by atoms with Crippen LogP contribution in [-0.4, -0.2) is 12.3 Å². The average molecular weight is 267 g/mol. The van der Waals surface area contributed by atoms with Gasteiger partial charge >= 0.3 is 0 Å². The molecule has 2 nitrogen and oxygen atoms in total.